The first-order chi connectivity index (χ1) is 11.6. The molecule has 9 heteroatoms. The van der Waals surface area contributed by atoms with E-state index in [-0.39, 0.29) is 18.0 Å². The molecular weight excluding hydrogens is 341 g/mol. The summed E-state index contributed by atoms with van der Waals surface area (Å²) in [5.74, 6) is -3.60. The lowest BCUT2D eigenvalue weighted by Gasteiger charge is -2.36. The molecule has 2 rings (SSSR count). The van der Waals surface area contributed by atoms with Gasteiger partial charge in [-0.05, 0) is 44.0 Å². The zero-order chi connectivity index (χ0) is 18.9. The summed E-state index contributed by atoms with van der Waals surface area (Å²) in [5, 5.41) is 0. The standard InChI is InChI=1S/C16H17F3N2O4/c1-4-25-14(23)8-20-11-5-9(2)10(3)6-12(11)21(7-13(20)22)15(24)16(17,18)19/h5-6H,4,7-8H2,1-3H3. The third kappa shape index (κ3) is 3.75. The number of esters is 1. The second kappa shape index (κ2) is 6.73. The molecule has 0 bridgehead atoms. The largest absolute Gasteiger partial charge is 0.471 e. The molecule has 0 N–H and O–H groups in total. The third-order valence-electron chi connectivity index (χ3n) is 3.85. The molecule has 0 spiro atoms. The van der Waals surface area contributed by atoms with Crippen LogP contribution in [0.1, 0.15) is 18.1 Å². The molecule has 1 heterocycles. The maximum atomic E-state index is 12.9. The Balaban J connectivity index is 2.52. The Labute approximate surface area is 142 Å². The predicted octanol–water partition coefficient (Wildman–Crippen LogP) is 2.11. The van der Waals surface area contributed by atoms with Gasteiger partial charge in [0.15, 0.2) is 0 Å². The van der Waals surface area contributed by atoms with E-state index in [1.54, 1.807) is 20.8 Å². The number of carbonyl (C=O) groups is 3. The van der Waals surface area contributed by atoms with E-state index in [9.17, 15) is 27.6 Å². The SMILES string of the molecule is CCOC(=O)CN1C(=O)CN(C(=O)C(F)(F)F)c2cc(C)c(C)cc21. The molecular formula is C16H17F3N2O4. The Kier molecular flexibility index (Phi) is 5.05. The van der Waals surface area contributed by atoms with E-state index in [2.05, 4.69) is 0 Å². The van der Waals surface area contributed by atoms with Crippen molar-refractivity contribution >= 4 is 29.2 Å². The van der Waals surface area contributed by atoms with E-state index >= 15 is 0 Å². The van der Waals surface area contributed by atoms with Gasteiger partial charge < -0.3 is 4.74 Å². The van der Waals surface area contributed by atoms with Crippen LogP contribution in [0.3, 0.4) is 0 Å². The van der Waals surface area contributed by atoms with Crippen LogP contribution in [0.4, 0.5) is 24.5 Å². The monoisotopic (exact) mass is 358 g/mol. The van der Waals surface area contributed by atoms with Crippen LogP contribution in [0, 0.1) is 13.8 Å². The number of fused-ring (bicyclic) bond motifs is 1. The van der Waals surface area contributed by atoms with Crippen molar-refractivity contribution in [3.05, 3.63) is 23.3 Å². The summed E-state index contributed by atoms with van der Waals surface area (Å²) in [6, 6.07) is 2.89. The molecule has 1 aliphatic heterocycles. The molecule has 25 heavy (non-hydrogen) atoms. The zero-order valence-corrected chi connectivity index (χ0v) is 13.9. The van der Waals surface area contributed by atoms with E-state index < -0.39 is 37.0 Å². The van der Waals surface area contributed by atoms with Gasteiger partial charge in [-0.25, -0.2) is 0 Å². The molecule has 1 aromatic carbocycles. The molecule has 0 unspecified atom stereocenters. The van der Waals surface area contributed by atoms with E-state index in [0.29, 0.717) is 16.0 Å². The van der Waals surface area contributed by atoms with Crippen molar-refractivity contribution in [1.82, 2.24) is 0 Å². The fourth-order valence-electron chi connectivity index (χ4n) is 2.50. The van der Waals surface area contributed by atoms with Gasteiger partial charge in [0.05, 0.1) is 18.0 Å². The minimum absolute atomic E-state index is 0.0608. The number of nitrogens with zero attached hydrogens (tertiary/aromatic N) is 2. The smallest absolute Gasteiger partial charge is 0.465 e. The summed E-state index contributed by atoms with van der Waals surface area (Å²) in [4.78, 5) is 37.1. The molecule has 0 atom stereocenters. The first kappa shape index (κ1) is 18.8. The number of hydrogen-bond acceptors (Lipinski definition) is 4. The average molecular weight is 358 g/mol. The minimum Gasteiger partial charge on any atom is -0.465 e. The number of amides is 2. The zero-order valence-electron chi connectivity index (χ0n) is 13.9. The lowest BCUT2D eigenvalue weighted by molar-refractivity contribution is -0.170. The molecule has 0 aromatic heterocycles. The Morgan fingerprint density at radius 2 is 1.72 bits per heavy atom. The van der Waals surface area contributed by atoms with E-state index in [1.807, 2.05) is 0 Å². The van der Waals surface area contributed by atoms with E-state index in [4.69, 9.17) is 4.74 Å². The number of benzene rings is 1. The van der Waals surface area contributed by atoms with Crippen molar-refractivity contribution in [2.24, 2.45) is 0 Å². The lowest BCUT2D eigenvalue weighted by Crippen LogP contribution is -2.53. The normalized spacial score (nSPS) is 14.4. The first-order valence-corrected chi connectivity index (χ1v) is 7.52. The minimum atomic E-state index is -5.11. The molecule has 136 valence electrons. The summed E-state index contributed by atoms with van der Waals surface area (Å²) < 4.78 is 43.4. The number of rotatable bonds is 3. The molecule has 0 fully saturated rings. The topological polar surface area (TPSA) is 66.9 Å². The highest BCUT2D eigenvalue weighted by molar-refractivity contribution is 6.13. The van der Waals surface area contributed by atoms with Gasteiger partial charge in [-0.3, -0.25) is 24.2 Å². The third-order valence-corrected chi connectivity index (χ3v) is 3.85. The maximum Gasteiger partial charge on any atom is 0.471 e. The van der Waals surface area contributed by atoms with Crippen molar-refractivity contribution in [1.29, 1.82) is 0 Å². The number of halogens is 3. The Morgan fingerprint density at radius 1 is 1.16 bits per heavy atom. The van der Waals surface area contributed by atoms with Crippen LogP contribution in [0.5, 0.6) is 0 Å². The highest BCUT2D eigenvalue weighted by atomic mass is 19.4. The van der Waals surface area contributed by atoms with Gasteiger partial charge in [-0.15, -0.1) is 0 Å². The summed E-state index contributed by atoms with van der Waals surface area (Å²) in [7, 11) is 0. The number of hydrogen-bond donors (Lipinski definition) is 0. The van der Waals surface area contributed by atoms with Gasteiger partial charge in [0.2, 0.25) is 5.91 Å². The van der Waals surface area contributed by atoms with Crippen molar-refractivity contribution in [3.63, 3.8) is 0 Å². The van der Waals surface area contributed by atoms with Gasteiger partial charge in [-0.1, -0.05) is 0 Å². The number of carbonyl (C=O) groups excluding carboxylic acids is 3. The predicted molar refractivity (Wildman–Crippen MR) is 83.3 cm³/mol. The molecule has 1 aromatic rings. The van der Waals surface area contributed by atoms with Gasteiger partial charge in [0.1, 0.15) is 13.1 Å². The van der Waals surface area contributed by atoms with Crippen molar-refractivity contribution in [3.8, 4) is 0 Å². The Hall–Kier alpha value is -2.58. The van der Waals surface area contributed by atoms with Crippen LogP contribution in [0.15, 0.2) is 12.1 Å². The quantitative estimate of drug-likeness (QED) is 0.777. The van der Waals surface area contributed by atoms with Crippen LogP contribution < -0.4 is 9.80 Å². The molecule has 1 aliphatic rings. The Morgan fingerprint density at radius 3 is 2.24 bits per heavy atom. The number of alkyl halides is 3. The number of ether oxygens (including phenoxy) is 1. The molecule has 0 saturated heterocycles. The van der Waals surface area contributed by atoms with Crippen molar-refractivity contribution in [2.75, 3.05) is 29.5 Å². The van der Waals surface area contributed by atoms with Crippen LogP contribution >= 0.6 is 0 Å². The number of aryl methyl sites for hydroxylation is 2. The second-order valence-electron chi connectivity index (χ2n) is 5.60. The van der Waals surface area contributed by atoms with Crippen molar-refractivity contribution in [2.45, 2.75) is 26.9 Å². The molecule has 0 radical (unpaired) electrons. The molecule has 6 nitrogen and oxygen atoms in total. The van der Waals surface area contributed by atoms with Crippen LogP contribution in [-0.2, 0) is 19.1 Å². The Bertz CT molecular complexity index is 731. The summed E-state index contributed by atoms with van der Waals surface area (Å²) in [6.07, 6.45) is -5.11. The van der Waals surface area contributed by atoms with Crippen LogP contribution in [-0.4, -0.2) is 43.7 Å². The highest BCUT2D eigenvalue weighted by Crippen LogP contribution is 2.38. The van der Waals surface area contributed by atoms with E-state index in [1.165, 1.54) is 12.1 Å². The van der Waals surface area contributed by atoms with Gasteiger partial charge in [-0.2, -0.15) is 13.2 Å². The van der Waals surface area contributed by atoms with Crippen molar-refractivity contribution < 1.29 is 32.3 Å². The summed E-state index contributed by atoms with van der Waals surface area (Å²) in [6.45, 7) is 3.87. The fraction of sp³-hybridized carbons (Fsp3) is 0.438. The maximum absolute atomic E-state index is 12.9. The van der Waals surface area contributed by atoms with Gasteiger partial charge >= 0.3 is 18.1 Å². The van der Waals surface area contributed by atoms with Gasteiger partial charge in [0, 0.05) is 0 Å². The molecule has 2 amide bonds. The second-order valence-corrected chi connectivity index (χ2v) is 5.60. The van der Waals surface area contributed by atoms with Crippen LogP contribution in [0.2, 0.25) is 0 Å². The van der Waals surface area contributed by atoms with Gasteiger partial charge in [0.25, 0.3) is 0 Å². The van der Waals surface area contributed by atoms with E-state index in [0.717, 1.165) is 4.90 Å². The molecule has 0 saturated carbocycles. The lowest BCUT2D eigenvalue weighted by atomic mass is 10.0. The average Bonchev–Trinajstić information content (AvgIpc) is 2.50. The summed E-state index contributed by atoms with van der Waals surface area (Å²) in [5.41, 5.74) is 1.38. The summed E-state index contributed by atoms with van der Waals surface area (Å²) >= 11 is 0. The molecule has 0 aliphatic carbocycles. The highest BCUT2D eigenvalue weighted by Gasteiger charge is 2.46. The first-order valence-electron chi connectivity index (χ1n) is 7.52. The number of anilines is 2. The van der Waals surface area contributed by atoms with Crippen LogP contribution in [0.25, 0.3) is 0 Å². The fourth-order valence-corrected chi connectivity index (χ4v) is 2.50.